The summed E-state index contributed by atoms with van der Waals surface area (Å²) in [6.45, 7) is 1.75. The van der Waals surface area contributed by atoms with Gasteiger partial charge in [0, 0.05) is 18.8 Å². The van der Waals surface area contributed by atoms with Gasteiger partial charge in [-0.15, -0.1) is 11.3 Å². The van der Waals surface area contributed by atoms with Crippen molar-refractivity contribution in [1.82, 2.24) is 15.5 Å². The summed E-state index contributed by atoms with van der Waals surface area (Å²) in [6.07, 6.45) is 1.61. The van der Waals surface area contributed by atoms with Gasteiger partial charge in [0.2, 0.25) is 11.7 Å². The van der Waals surface area contributed by atoms with Gasteiger partial charge in [-0.1, -0.05) is 17.3 Å². The van der Waals surface area contributed by atoms with Crippen LogP contribution < -0.4 is 5.32 Å². The maximum atomic E-state index is 13.3. The normalized spacial score (nSPS) is 16.7. The molecule has 0 unspecified atom stereocenters. The van der Waals surface area contributed by atoms with Crippen LogP contribution in [0.4, 0.5) is 4.39 Å². The zero-order valence-corrected chi connectivity index (χ0v) is 16.3. The van der Waals surface area contributed by atoms with Gasteiger partial charge in [0.15, 0.2) is 0 Å². The number of nitrogens with one attached hydrogen (secondary N) is 1. The Morgan fingerprint density at radius 3 is 2.62 bits per heavy atom. The fraction of sp³-hybridized carbons (Fsp3) is 0.333. The zero-order chi connectivity index (χ0) is 18.0. The Morgan fingerprint density at radius 1 is 1.15 bits per heavy atom. The second-order valence-electron chi connectivity index (χ2n) is 6.17. The predicted octanol–water partition coefficient (Wildman–Crippen LogP) is 4.50. The van der Waals surface area contributed by atoms with Gasteiger partial charge in [-0.05, 0) is 58.6 Å². The molecule has 4 rings (SSSR count). The van der Waals surface area contributed by atoms with Crippen molar-refractivity contribution in [2.24, 2.45) is 0 Å². The number of rotatable bonds is 5. The van der Waals surface area contributed by atoms with Crippen molar-refractivity contribution in [3.8, 4) is 10.7 Å². The molecule has 3 heterocycles. The lowest BCUT2D eigenvalue weighted by Gasteiger charge is -2.38. The van der Waals surface area contributed by atoms with Crippen molar-refractivity contribution < 1.29 is 13.7 Å². The average molecular weight is 438 g/mol. The fourth-order valence-corrected chi connectivity index (χ4v) is 4.47. The lowest BCUT2D eigenvalue weighted by atomic mass is 9.82. The topological polar surface area (TPSA) is 60.2 Å². The van der Waals surface area contributed by atoms with Gasteiger partial charge in [-0.3, -0.25) is 5.32 Å². The summed E-state index contributed by atoms with van der Waals surface area (Å²) in [5.74, 6) is 0.873. The van der Waals surface area contributed by atoms with Gasteiger partial charge >= 0.3 is 0 Å². The third kappa shape index (κ3) is 3.73. The molecule has 1 N–H and O–H groups in total. The SMILES string of the molecule is Fc1ccc(C2(NCc3nc(-c4ccc(Br)s4)no3)CCOCC2)cc1. The summed E-state index contributed by atoms with van der Waals surface area (Å²) in [5.41, 5.74) is 0.760. The number of benzene rings is 1. The molecule has 2 aromatic heterocycles. The Balaban J connectivity index is 1.52. The Morgan fingerprint density at radius 2 is 1.92 bits per heavy atom. The molecular weight excluding hydrogens is 421 g/mol. The highest BCUT2D eigenvalue weighted by Gasteiger charge is 2.34. The zero-order valence-electron chi connectivity index (χ0n) is 13.9. The molecular formula is C18H17BrFN3O2S. The number of thiophene rings is 1. The van der Waals surface area contributed by atoms with Crippen molar-refractivity contribution >= 4 is 27.3 Å². The maximum absolute atomic E-state index is 13.3. The van der Waals surface area contributed by atoms with Crippen LogP contribution in [0.25, 0.3) is 10.7 Å². The Kier molecular flexibility index (Phi) is 5.17. The molecule has 0 aliphatic carbocycles. The number of nitrogens with zero attached hydrogens (tertiary/aromatic N) is 2. The lowest BCUT2D eigenvalue weighted by molar-refractivity contribution is 0.0346. The van der Waals surface area contributed by atoms with E-state index in [1.165, 1.54) is 12.1 Å². The van der Waals surface area contributed by atoms with E-state index in [4.69, 9.17) is 9.26 Å². The summed E-state index contributed by atoms with van der Waals surface area (Å²) >= 11 is 5.00. The van der Waals surface area contributed by atoms with E-state index in [-0.39, 0.29) is 11.4 Å². The standard InChI is InChI=1S/C18H17BrFN3O2S/c19-15-6-5-14(26-15)17-22-16(25-23-17)11-21-18(7-9-24-10-8-18)12-1-3-13(20)4-2-12/h1-6,21H,7-11H2. The number of aromatic nitrogens is 2. The van der Waals surface area contributed by atoms with Gasteiger partial charge in [-0.25, -0.2) is 4.39 Å². The van der Waals surface area contributed by atoms with Crippen molar-refractivity contribution in [3.63, 3.8) is 0 Å². The van der Waals surface area contributed by atoms with Crippen LogP contribution in [0.15, 0.2) is 44.7 Å². The molecule has 0 radical (unpaired) electrons. The van der Waals surface area contributed by atoms with Gasteiger partial charge in [-0.2, -0.15) is 4.98 Å². The Bertz CT molecular complexity index is 875. The Hall–Kier alpha value is -1.61. The predicted molar refractivity (Wildman–Crippen MR) is 100 cm³/mol. The van der Waals surface area contributed by atoms with Crippen LogP contribution in [-0.2, 0) is 16.8 Å². The van der Waals surface area contributed by atoms with E-state index >= 15 is 0 Å². The van der Waals surface area contributed by atoms with E-state index < -0.39 is 0 Å². The smallest absolute Gasteiger partial charge is 0.240 e. The van der Waals surface area contributed by atoms with E-state index in [0.29, 0.717) is 31.5 Å². The Labute approximate surface area is 162 Å². The minimum Gasteiger partial charge on any atom is -0.381 e. The van der Waals surface area contributed by atoms with Gasteiger partial charge in [0.1, 0.15) is 5.82 Å². The second-order valence-corrected chi connectivity index (χ2v) is 8.63. The van der Waals surface area contributed by atoms with Gasteiger partial charge in [0.05, 0.1) is 15.2 Å². The number of hydrogen-bond acceptors (Lipinski definition) is 6. The van der Waals surface area contributed by atoms with Crippen LogP contribution in [0.1, 0.15) is 24.3 Å². The van der Waals surface area contributed by atoms with Crippen molar-refractivity contribution in [2.45, 2.75) is 24.9 Å². The lowest BCUT2D eigenvalue weighted by Crippen LogP contribution is -2.46. The largest absolute Gasteiger partial charge is 0.381 e. The fourth-order valence-electron chi connectivity index (χ4n) is 3.16. The van der Waals surface area contributed by atoms with E-state index in [1.54, 1.807) is 11.3 Å². The van der Waals surface area contributed by atoms with Crippen LogP contribution in [-0.4, -0.2) is 23.4 Å². The summed E-state index contributed by atoms with van der Waals surface area (Å²) in [5, 5.41) is 7.61. The average Bonchev–Trinajstić information content (AvgIpc) is 3.30. The third-order valence-corrected chi connectivity index (χ3v) is 6.20. The quantitative estimate of drug-likeness (QED) is 0.636. The van der Waals surface area contributed by atoms with Crippen LogP contribution in [0.5, 0.6) is 0 Å². The molecule has 0 bridgehead atoms. The van der Waals surface area contributed by atoms with Crippen LogP contribution in [0.2, 0.25) is 0 Å². The minimum atomic E-state index is -0.285. The summed E-state index contributed by atoms with van der Waals surface area (Å²) in [4.78, 5) is 5.43. The number of ether oxygens (including phenoxy) is 1. The number of hydrogen-bond donors (Lipinski definition) is 1. The van der Waals surface area contributed by atoms with E-state index in [2.05, 4.69) is 31.4 Å². The molecule has 1 aliphatic rings. The molecule has 0 spiro atoms. The third-order valence-electron chi connectivity index (χ3n) is 4.58. The maximum Gasteiger partial charge on any atom is 0.240 e. The van der Waals surface area contributed by atoms with Crippen LogP contribution >= 0.6 is 27.3 Å². The van der Waals surface area contributed by atoms with Gasteiger partial charge in [0.25, 0.3) is 0 Å². The number of halogens is 2. The van der Waals surface area contributed by atoms with E-state index in [1.807, 2.05) is 24.3 Å². The van der Waals surface area contributed by atoms with Crippen molar-refractivity contribution in [2.75, 3.05) is 13.2 Å². The first-order chi connectivity index (χ1) is 12.6. The highest BCUT2D eigenvalue weighted by molar-refractivity contribution is 9.11. The second kappa shape index (κ2) is 7.56. The summed E-state index contributed by atoms with van der Waals surface area (Å²) < 4.78 is 25.3. The van der Waals surface area contributed by atoms with Gasteiger partial charge < -0.3 is 9.26 Å². The molecule has 26 heavy (non-hydrogen) atoms. The van der Waals surface area contributed by atoms with Crippen molar-refractivity contribution in [3.05, 3.63) is 57.5 Å². The summed E-state index contributed by atoms with van der Waals surface area (Å²) in [7, 11) is 0. The molecule has 1 saturated heterocycles. The van der Waals surface area contributed by atoms with E-state index in [0.717, 1.165) is 27.1 Å². The molecule has 3 aromatic rings. The first-order valence-electron chi connectivity index (χ1n) is 8.32. The molecule has 1 aliphatic heterocycles. The van der Waals surface area contributed by atoms with Crippen LogP contribution in [0.3, 0.4) is 0 Å². The molecule has 136 valence electrons. The molecule has 1 aromatic carbocycles. The molecule has 1 fully saturated rings. The highest BCUT2D eigenvalue weighted by Crippen LogP contribution is 2.33. The summed E-state index contributed by atoms with van der Waals surface area (Å²) in [6, 6.07) is 10.6. The highest BCUT2D eigenvalue weighted by atomic mass is 79.9. The monoisotopic (exact) mass is 437 g/mol. The first kappa shape index (κ1) is 17.8. The molecule has 0 saturated carbocycles. The van der Waals surface area contributed by atoms with Crippen LogP contribution in [0, 0.1) is 5.82 Å². The minimum absolute atomic E-state index is 0.236. The molecule has 5 nitrogen and oxygen atoms in total. The molecule has 0 amide bonds. The van der Waals surface area contributed by atoms with E-state index in [9.17, 15) is 4.39 Å². The molecule has 8 heteroatoms. The molecule has 0 atom stereocenters. The van der Waals surface area contributed by atoms with Crippen molar-refractivity contribution in [1.29, 1.82) is 0 Å². The first-order valence-corrected chi connectivity index (χ1v) is 9.93.